The van der Waals surface area contributed by atoms with Gasteiger partial charge in [-0.2, -0.15) is 5.10 Å². The van der Waals surface area contributed by atoms with E-state index in [0.29, 0.717) is 31.7 Å². The molecule has 132 valence electrons. The van der Waals surface area contributed by atoms with Gasteiger partial charge >= 0.3 is 0 Å². The SMILES string of the molecule is Cc1ccc(N2CCN(C(=O)Cc3ccc(C(F)F)nc3)CC2)nn1. The molecule has 3 rings (SSSR count). The van der Waals surface area contributed by atoms with Crippen LogP contribution in [0.15, 0.2) is 30.5 Å². The number of amides is 1. The zero-order valence-corrected chi connectivity index (χ0v) is 13.9. The summed E-state index contributed by atoms with van der Waals surface area (Å²) in [6.07, 6.45) is -1.08. The van der Waals surface area contributed by atoms with Gasteiger partial charge in [0, 0.05) is 32.4 Å². The Hall–Kier alpha value is -2.64. The van der Waals surface area contributed by atoms with Gasteiger partial charge in [-0.3, -0.25) is 9.78 Å². The number of piperazine rings is 1. The number of carbonyl (C=O) groups is 1. The predicted molar refractivity (Wildman–Crippen MR) is 88.5 cm³/mol. The van der Waals surface area contributed by atoms with Crippen molar-refractivity contribution in [3.8, 4) is 0 Å². The van der Waals surface area contributed by atoms with Crippen LogP contribution < -0.4 is 4.90 Å². The van der Waals surface area contributed by atoms with E-state index in [9.17, 15) is 13.6 Å². The number of aryl methyl sites for hydroxylation is 1. The fourth-order valence-corrected chi connectivity index (χ4v) is 2.70. The van der Waals surface area contributed by atoms with Crippen LogP contribution in [0.4, 0.5) is 14.6 Å². The number of hydrogen-bond donors (Lipinski definition) is 0. The molecular weight excluding hydrogens is 328 g/mol. The van der Waals surface area contributed by atoms with Gasteiger partial charge in [-0.25, -0.2) is 8.78 Å². The third-order valence-electron chi connectivity index (χ3n) is 4.17. The highest BCUT2D eigenvalue weighted by Gasteiger charge is 2.22. The lowest BCUT2D eigenvalue weighted by Gasteiger charge is -2.35. The standard InChI is InChI=1S/C17H19F2N5O/c1-12-2-5-15(22-21-12)23-6-8-24(9-7-23)16(25)10-13-3-4-14(17(18)19)20-11-13/h2-5,11,17H,6-10H2,1H3. The van der Waals surface area contributed by atoms with E-state index < -0.39 is 6.43 Å². The molecule has 2 aromatic heterocycles. The van der Waals surface area contributed by atoms with Crippen LogP contribution in [-0.4, -0.2) is 52.2 Å². The summed E-state index contributed by atoms with van der Waals surface area (Å²) in [5, 5.41) is 8.22. The van der Waals surface area contributed by atoms with Crippen molar-refractivity contribution in [1.82, 2.24) is 20.1 Å². The summed E-state index contributed by atoms with van der Waals surface area (Å²) in [5.74, 6) is 0.783. The van der Waals surface area contributed by atoms with Gasteiger partial charge < -0.3 is 9.80 Å². The Morgan fingerprint density at radius 3 is 2.44 bits per heavy atom. The summed E-state index contributed by atoms with van der Waals surface area (Å²) in [6.45, 7) is 4.45. The Morgan fingerprint density at radius 2 is 1.88 bits per heavy atom. The molecule has 1 amide bonds. The topological polar surface area (TPSA) is 62.2 Å². The number of anilines is 1. The summed E-state index contributed by atoms with van der Waals surface area (Å²) in [4.78, 5) is 19.9. The van der Waals surface area contributed by atoms with Gasteiger partial charge in [0.2, 0.25) is 5.91 Å². The summed E-state index contributed by atoms with van der Waals surface area (Å²) >= 11 is 0. The second-order valence-electron chi connectivity index (χ2n) is 5.97. The number of pyridine rings is 1. The first-order valence-electron chi connectivity index (χ1n) is 8.09. The number of aromatic nitrogens is 3. The number of nitrogens with zero attached hydrogens (tertiary/aromatic N) is 5. The monoisotopic (exact) mass is 347 g/mol. The Labute approximate surface area is 144 Å². The fourth-order valence-electron chi connectivity index (χ4n) is 2.70. The number of alkyl halides is 2. The first-order valence-corrected chi connectivity index (χ1v) is 8.09. The van der Waals surface area contributed by atoms with E-state index in [1.165, 1.54) is 18.3 Å². The van der Waals surface area contributed by atoms with Gasteiger partial charge in [-0.05, 0) is 30.7 Å². The van der Waals surface area contributed by atoms with E-state index in [1.807, 2.05) is 19.1 Å². The minimum absolute atomic E-state index is 0.0266. The van der Waals surface area contributed by atoms with E-state index >= 15 is 0 Å². The van der Waals surface area contributed by atoms with E-state index in [1.54, 1.807) is 4.90 Å². The molecule has 0 aliphatic carbocycles. The van der Waals surface area contributed by atoms with E-state index in [-0.39, 0.29) is 18.0 Å². The van der Waals surface area contributed by atoms with Gasteiger partial charge in [0.05, 0.1) is 12.1 Å². The largest absolute Gasteiger partial charge is 0.352 e. The second kappa shape index (κ2) is 7.50. The lowest BCUT2D eigenvalue weighted by Crippen LogP contribution is -2.49. The van der Waals surface area contributed by atoms with E-state index in [2.05, 4.69) is 20.1 Å². The predicted octanol–water partition coefficient (Wildman–Crippen LogP) is 2.01. The highest BCUT2D eigenvalue weighted by atomic mass is 19.3. The summed E-state index contributed by atoms with van der Waals surface area (Å²) in [5.41, 5.74) is 1.23. The van der Waals surface area contributed by atoms with E-state index in [4.69, 9.17) is 0 Å². The summed E-state index contributed by atoms with van der Waals surface area (Å²) in [6, 6.07) is 6.64. The molecule has 0 aromatic carbocycles. The third kappa shape index (κ3) is 4.26. The third-order valence-corrected chi connectivity index (χ3v) is 4.17. The quantitative estimate of drug-likeness (QED) is 0.847. The zero-order chi connectivity index (χ0) is 17.8. The van der Waals surface area contributed by atoms with Crippen molar-refractivity contribution in [1.29, 1.82) is 0 Å². The zero-order valence-electron chi connectivity index (χ0n) is 13.9. The van der Waals surface area contributed by atoms with Crippen LogP contribution in [0.2, 0.25) is 0 Å². The molecule has 25 heavy (non-hydrogen) atoms. The molecular formula is C17H19F2N5O. The minimum atomic E-state index is -2.59. The molecule has 0 radical (unpaired) electrons. The number of halogens is 2. The van der Waals surface area contributed by atoms with Gasteiger partial charge in [-0.1, -0.05) is 6.07 Å². The molecule has 0 spiro atoms. The van der Waals surface area contributed by atoms with Crippen molar-refractivity contribution in [3.05, 3.63) is 47.4 Å². The van der Waals surface area contributed by atoms with Crippen LogP contribution >= 0.6 is 0 Å². The maximum absolute atomic E-state index is 12.5. The molecule has 0 N–H and O–H groups in total. The first-order chi connectivity index (χ1) is 12.0. The smallest absolute Gasteiger partial charge is 0.280 e. The van der Waals surface area contributed by atoms with Crippen LogP contribution in [0.1, 0.15) is 23.4 Å². The van der Waals surface area contributed by atoms with Crippen LogP contribution in [0, 0.1) is 6.92 Å². The molecule has 1 fully saturated rings. The highest BCUT2D eigenvalue weighted by molar-refractivity contribution is 5.79. The van der Waals surface area contributed by atoms with Gasteiger partial charge in [0.15, 0.2) is 5.82 Å². The first kappa shape index (κ1) is 17.2. The molecule has 0 bridgehead atoms. The Morgan fingerprint density at radius 1 is 1.12 bits per heavy atom. The van der Waals surface area contributed by atoms with Crippen molar-refractivity contribution >= 4 is 11.7 Å². The minimum Gasteiger partial charge on any atom is -0.352 e. The molecule has 0 atom stereocenters. The normalized spacial score (nSPS) is 14.9. The second-order valence-corrected chi connectivity index (χ2v) is 5.97. The number of hydrogen-bond acceptors (Lipinski definition) is 5. The molecule has 2 aromatic rings. The van der Waals surface area contributed by atoms with Gasteiger partial charge in [0.25, 0.3) is 6.43 Å². The van der Waals surface area contributed by atoms with Crippen molar-refractivity contribution in [2.24, 2.45) is 0 Å². The molecule has 1 saturated heterocycles. The van der Waals surface area contributed by atoms with Crippen LogP contribution in [0.3, 0.4) is 0 Å². The van der Waals surface area contributed by atoms with Crippen molar-refractivity contribution < 1.29 is 13.6 Å². The average Bonchev–Trinajstić information content (AvgIpc) is 2.63. The average molecular weight is 347 g/mol. The summed E-state index contributed by atoms with van der Waals surface area (Å²) in [7, 11) is 0. The summed E-state index contributed by atoms with van der Waals surface area (Å²) < 4.78 is 25.0. The fraction of sp³-hybridized carbons (Fsp3) is 0.412. The Bertz CT molecular complexity index is 713. The molecule has 6 nitrogen and oxygen atoms in total. The highest BCUT2D eigenvalue weighted by Crippen LogP contribution is 2.17. The maximum atomic E-state index is 12.5. The van der Waals surface area contributed by atoms with Crippen LogP contribution in [-0.2, 0) is 11.2 Å². The van der Waals surface area contributed by atoms with Gasteiger partial charge in [0.1, 0.15) is 5.69 Å². The lowest BCUT2D eigenvalue weighted by atomic mass is 10.1. The molecule has 3 heterocycles. The Balaban J connectivity index is 1.53. The lowest BCUT2D eigenvalue weighted by molar-refractivity contribution is -0.130. The van der Waals surface area contributed by atoms with Gasteiger partial charge in [-0.15, -0.1) is 5.10 Å². The molecule has 8 heteroatoms. The molecule has 0 saturated carbocycles. The number of rotatable bonds is 4. The molecule has 0 unspecified atom stereocenters. The van der Waals surface area contributed by atoms with Crippen molar-refractivity contribution in [3.63, 3.8) is 0 Å². The maximum Gasteiger partial charge on any atom is 0.280 e. The number of carbonyl (C=O) groups excluding carboxylic acids is 1. The van der Waals surface area contributed by atoms with Crippen LogP contribution in [0.5, 0.6) is 0 Å². The van der Waals surface area contributed by atoms with Crippen molar-refractivity contribution in [2.75, 3.05) is 31.1 Å². The van der Waals surface area contributed by atoms with Crippen LogP contribution in [0.25, 0.3) is 0 Å². The Kier molecular flexibility index (Phi) is 5.16. The molecule has 1 aliphatic heterocycles. The molecule has 1 aliphatic rings. The van der Waals surface area contributed by atoms with Crippen molar-refractivity contribution in [2.45, 2.75) is 19.8 Å². The van der Waals surface area contributed by atoms with E-state index in [0.717, 1.165) is 11.5 Å².